The molecular formula is C18H21ClN2O5. The van der Waals surface area contributed by atoms with Crippen molar-refractivity contribution in [3.05, 3.63) is 34.5 Å². The molecule has 1 aromatic heterocycles. The molecule has 0 unspecified atom stereocenters. The fraction of sp³-hybridized carbons (Fsp3) is 0.389. The van der Waals surface area contributed by atoms with Crippen molar-refractivity contribution in [3.63, 3.8) is 0 Å². The van der Waals surface area contributed by atoms with Crippen molar-refractivity contribution in [3.8, 4) is 0 Å². The molecule has 2 amide bonds. The molecule has 2 N–H and O–H groups in total. The molecule has 7 nitrogen and oxygen atoms in total. The summed E-state index contributed by atoms with van der Waals surface area (Å²) in [7, 11) is 0. The monoisotopic (exact) mass is 380 g/mol. The van der Waals surface area contributed by atoms with Gasteiger partial charge in [0.05, 0.1) is 0 Å². The van der Waals surface area contributed by atoms with Gasteiger partial charge in [-0.1, -0.05) is 18.5 Å². The van der Waals surface area contributed by atoms with Gasteiger partial charge in [0.2, 0.25) is 11.7 Å². The van der Waals surface area contributed by atoms with Gasteiger partial charge in [-0.05, 0) is 38.5 Å². The fourth-order valence-electron chi connectivity index (χ4n) is 2.33. The van der Waals surface area contributed by atoms with Gasteiger partial charge in [-0.15, -0.1) is 0 Å². The number of fused-ring (bicyclic) bond motifs is 1. The molecule has 0 aliphatic carbocycles. The second-order valence-electron chi connectivity index (χ2n) is 5.85. The number of furan rings is 1. The van der Waals surface area contributed by atoms with E-state index in [1.165, 1.54) is 0 Å². The summed E-state index contributed by atoms with van der Waals surface area (Å²) >= 11 is 5.94. The molecule has 140 valence electrons. The van der Waals surface area contributed by atoms with Crippen molar-refractivity contribution in [2.24, 2.45) is 0 Å². The first-order valence-corrected chi connectivity index (χ1v) is 8.64. The number of benzene rings is 1. The zero-order valence-corrected chi connectivity index (χ0v) is 15.6. The number of hydrogen-bond donors (Lipinski definition) is 2. The highest BCUT2D eigenvalue weighted by atomic mass is 35.5. The van der Waals surface area contributed by atoms with Gasteiger partial charge in [-0.25, -0.2) is 4.79 Å². The lowest BCUT2D eigenvalue weighted by atomic mass is 10.1. The Bertz CT molecular complexity index is 830. The van der Waals surface area contributed by atoms with E-state index in [1.54, 1.807) is 32.0 Å². The Labute approximate surface area is 156 Å². The van der Waals surface area contributed by atoms with E-state index in [2.05, 4.69) is 10.6 Å². The van der Waals surface area contributed by atoms with E-state index in [9.17, 15) is 14.4 Å². The zero-order chi connectivity index (χ0) is 19.3. The number of halogens is 1. The van der Waals surface area contributed by atoms with E-state index in [-0.39, 0.29) is 11.7 Å². The number of ether oxygens (including phenoxy) is 1. The van der Waals surface area contributed by atoms with Crippen LogP contribution in [-0.2, 0) is 14.3 Å². The zero-order valence-electron chi connectivity index (χ0n) is 14.8. The van der Waals surface area contributed by atoms with Crippen LogP contribution in [0.15, 0.2) is 22.6 Å². The van der Waals surface area contributed by atoms with Gasteiger partial charge in [0.1, 0.15) is 11.6 Å². The Morgan fingerprint density at radius 2 is 2.04 bits per heavy atom. The molecule has 0 saturated carbocycles. The first kappa shape index (κ1) is 19.8. The van der Waals surface area contributed by atoms with Gasteiger partial charge >= 0.3 is 5.97 Å². The summed E-state index contributed by atoms with van der Waals surface area (Å²) in [5, 5.41) is 6.36. The maximum atomic E-state index is 12.2. The molecule has 0 spiro atoms. The molecule has 0 radical (unpaired) electrons. The number of nitrogens with one attached hydrogen (secondary N) is 2. The first-order valence-electron chi connectivity index (χ1n) is 8.26. The van der Waals surface area contributed by atoms with Crippen LogP contribution in [0.4, 0.5) is 0 Å². The predicted molar refractivity (Wildman–Crippen MR) is 97.1 cm³/mol. The van der Waals surface area contributed by atoms with Crippen LogP contribution in [-0.4, -0.2) is 37.0 Å². The minimum atomic E-state index is -0.756. The van der Waals surface area contributed by atoms with Crippen LogP contribution in [0.5, 0.6) is 0 Å². The molecule has 26 heavy (non-hydrogen) atoms. The summed E-state index contributed by atoms with van der Waals surface area (Å²) in [5.41, 5.74) is 1.09. The number of esters is 1. The summed E-state index contributed by atoms with van der Waals surface area (Å²) in [4.78, 5) is 35.7. The molecule has 0 aliphatic rings. The van der Waals surface area contributed by atoms with E-state index in [0.717, 1.165) is 6.42 Å². The largest absolute Gasteiger partial charge is 0.450 e. The van der Waals surface area contributed by atoms with Crippen LogP contribution in [0.2, 0.25) is 5.02 Å². The molecule has 1 aromatic carbocycles. The van der Waals surface area contributed by atoms with Gasteiger partial charge in [-0.3, -0.25) is 9.59 Å². The third-order valence-corrected chi connectivity index (χ3v) is 3.97. The Hall–Kier alpha value is -2.54. The molecule has 0 saturated heterocycles. The third-order valence-electron chi connectivity index (χ3n) is 3.74. The van der Waals surface area contributed by atoms with Gasteiger partial charge in [-0.2, -0.15) is 0 Å². The lowest BCUT2D eigenvalue weighted by molar-refractivity contribution is -0.130. The Morgan fingerprint density at radius 3 is 2.73 bits per heavy atom. The van der Waals surface area contributed by atoms with Crippen LogP contribution in [0, 0.1) is 6.92 Å². The average Bonchev–Trinajstić information content (AvgIpc) is 2.94. The number of hydrogen-bond acceptors (Lipinski definition) is 5. The standard InChI is InChI=1S/C18H21ClN2O5/c1-4-7-20-17(23)11(3)21-15(22)9-25-18(24)16-10(2)13-8-12(19)5-6-14(13)26-16/h5-6,8,11H,4,7,9H2,1-3H3,(H,20,23)(H,21,22)/t11-/m0/s1. The maximum absolute atomic E-state index is 12.2. The van der Waals surface area contributed by atoms with Gasteiger partial charge in [0.15, 0.2) is 6.61 Å². The van der Waals surface area contributed by atoms with Crippen molar-refractivity contribution in [2.45, 2.75) is 33.2 Å². The lowest BCUT2D eigenvalue weighted by Gasteiger charge is -2.13. The summed E-state index contributed by atoms with van der Waals surface area (Å²) in [5.74, 6) is -1.61. The predicted octanol–water partition coefficient (Wildman–Crippen LogP) is 2.58. The highest BCUT2D eigenvalue weighted by Crippen LogP contribution is 2.28. The molecule has 1 heterocycles. The van der Waals surface area contributed by atoms with Crippen molar-refractivity contribution in [2.75, 3.05) is 13.2 Å². The number of amides is 2. The molecule has 0 fully saturated rings. The Morgan fingerprint density at radius 1 is 1.31 bits per heavy atom. The molecular weight excluding hydrogens is 360 g/mol. The van der Waals surface area contributed by atoms with E-state index in [0.29, 0.717) is 28.1 Å². The molecule has 0 aliphatic heterocycles. The van der Waals surface area contributed by atoms with Gasteiger partial charge < -0.3 is 19.8 Å². The summed E-state index contributed by atoms with van der Waals surface area (Å²) in [6, 6.07) is 4.28. The van der Waals surface area contributed by atoms with Crippen molar-refractivity contribution in [1.82, 2.24) is 10.6 Å². The molecule has 2 aromatic rings. The maximum Gasteiger partial charge on any atom is 0.375 e. The van der Waals surface area contributed by atoms with Crippen molar-refractivity contribution in [1.29, 1.82) is 0 Å². The SMILES string of the molecule is CCCNC(=O)[C@H](C)NC(=O)COC(=O)c1oc2ccc(Cl)cc2c1C. The number of rotatable bonds is 7. The van der Waals surface area contributed by atoms with E-state index < -0.39 is 24.5 Å². The average molecular weight is 381 g/mol. The topological polar surface area (TPSA) is 97.6 Å². The number of carbonyl (C=O) groups excluding carboxylic acids is 3. The highest BCUT2D eigenvalue weighted by Gasteiger charge is 2.21. The second kappa shape index (κ2) is 8.71. The van der Waals surface area contributed by atoms with Crippen molar-refractivity contribution < 1.29 is 23.5 Å². The van der Waals surface area contributed by atoms with Crippen LogP contribution in [0.1, 0.15) is 36.4 Å². The quantitative estimate of drug-likeness (QED) is 0.719. The number of carbonyl (C=O) groups is 3. The van der Waals surface area contributed by atoms with Crippen molar-refractivity contribution >= 4 is 40.4 Å². The third kappa shape index (κ3) is 4.76. The smallest absolute Gasteiger partial charge is 0.375 e. The van der Waals surface area contributed by atoms with Gasteiger partial charge in [0.25, 0.3) is 5.91 Å². The van der Waals surface area contributed by atoms with E-state index >= 15 is 0 Å². The Kier molecular flexibility index (Phi) is 6.63. The lowest BCUT2D eigenvalue weighted by Crippen LogP contribution is -2.46. The van der Waals surface area contributed by atoms with Gasteiger partial charge in [0, 0.05) is 22.5 Å². The van der Waals surface area contributed by atoms with E-state index in [1.807, 2.05) is 6.92 Å². The fourth-order valence-corrected chi connectivity index (χ4v) is 2.51. The van der Waals surface area contributed by atoms with Crippen LogP contribution in [0.25, 0.3) is 11.0 Å². The molecule has 0 bridgehead atoms. The normalized spacial score (nSPS) is 11.8. The highest BCUT2D eigenvalue weighted by molar-refractivity contribution is 6.31. The molecule has 2 rings (SSSR count). The summed E-state index contributed by atoms with van der Waals surface area (Å²) < 4.78 is 10.5. The Balaban J connectivity index is 1.93. The van der Waals surface area contributed by atoms with Crippen LogP contribution >= 0.6 is 11.6 Å². The molecule has 8 heteroatoms. The second-order valence-corrected chi connectivity index (χ2v) is 6.29. The minimum absolute atomic E-state index is 0.0174. The first-order chi connectivity index (χ1) is 12.3. The van der Waals surface area contributed by atoms with Crippen LogP contribution < -0.4 is 10.6 Å². The molecule has 1 atom stereocenters. The minimum Gasteiger partial charge on any atom is -0.450 e. The van der Waals surface area contributed by atoms with Crippen LogP contribution in [0.3, 0.4) is 0 Å². The summed E-state index contributed by atoms with van der Waals surface area (Å²) in [6.45, 7) is 5.21. The van der Waals surface area contributed by atoms with E-state index in [4.69, 9.17) is 20.8 Å². The summed E-state index contributed by atoms with van der Waals surface area (Å²) in [6.07, 6.45) is 0.798. The number of aryl methyl sites for hydroxylation is 1.